The number of rotatable bonds is 0. The minimum absolute atomic E-state index is 0.0568. The molecule has 3 heteroatoms. The molecule has 0 aliphatic carbocycles. The summed E-state index contributed by atoms with van der Waals surface area (Å²) in [6.45, 7) is 0. The first-order chi connectivity index (χ1) is 8.91. The van der Waals surface area contributed by atoms with Gasteiger partial charge in [0.15, 0.2) is 5.58 Å². The normalized spacial score (nSPS) is 15.1. The molecule has 15 heavy (non-hydrogen) atoms. The minimum atomic E-state index is -0.190. The molecule has 0 fully saturated rings. The van der Waals surface area contributed by atoms with Crippen LogP contribution < -0.4 is 0 Å². The van der Waals surface area contributed by atoms with Crippen LogP contribution in [0.25, 0.3) is 21.9 Å². The monoisotopic (exact) mass is 284 g/mol. The van der Waals surface area contributed by atoms with E-state index in [1.54, 1.807) is 0 Å². The molecule has 2 aromatic carbocycles. The molecule has 0 spiro atoms. The molecule has 0 aliphatic rings. The van der Waals surface area contributed by atoms with Crippen molar-refractivity contribution in [2.45, 2.75) is 0 Å². The molecule has 0 unspecified atom stereocenters. The molecular formula is C12H6BrClO. The first kappa shape index (κ1) is 5.92. The molecule has 3 rings (SSSR count). The van der Waals surface area contributed by atoms with Crippen LogP contribution in [0.4, 0.5) is 0 Å². The largest absolute Gasteiger partial charge is 0.454 e. The fourth-order valence-corrected chi connectivity index (χ4v) is 2.22. The summed E-state index contributed by atoms with van der Waals surface area (Å²) >= 11 is 9.36. The van der Waals surface area contributed by atoms with Crippen LogP contribution in [0, 0.1) is 0 Å². The molecule has 0 bridgehead atoms. The molecule has 1 aromatic heterocycles. The highest BCUT2D eigenvalue weighted by Gasteiger charge is 2.11. The van der Waals surface area contributed by atoms with Gasteiger partial charge in [-0.1, -0.05) is 45.7 Å². The van der Waals surface area contributed by atoms with Gasteiger partial charge in [-0.25, -0.2) is 0 Å². The van der Waals surface area contributed by atoms with E-state index in [-0.39, 0.29) is 34.8 Å². The maximum atomic E-state index is 7.85. The molecule has 1 heterocycles. The van der Waals surface area contributed by atoms with Crippen LogP contribution in [-0.4, -0.2) is 0 Å². The Morgan fingerprint density at radius 3 is 3.00 bits per heavy atom. The van der Waals surface area contributed by atoms with Crippen molar-refractivity contribution in [2.24, 2.45) is 0 Å². The van der Waals surface area contributed by atoms with E-state index in [1.165, 1.54) is 12.1 Å². The molecule has 0 aliphatic heterocycles. The molecular weight excluding hydrogens is 275 g/mol. The number of halogens is 2. The zero-order valence-electron chi connectivity index (χ0n) is 11.3. The zero-order valence-corrected chi connectivity index (χ0v) is 9.66. The average Bonchev–Trinajstić information content (AvgIpc) is 2.73. The molecule has 0 saturated carbocycles. The third kappa shape index (κ3) is 1.29. The summed E-state index contributed by atoms with van der Waals surface area (Å²) in [5, 5.41) is 1.36. The third-order valence-corrected chi connectivity index (χ3v) is 3.08. The number of fused-ring (bicyclic) bond motifs is 3. The Morgan fingerprint density at radius 1 is 1.27 bits per heavy atom. The summed E-state index contributed by atoms with van der Waals surface area (Å²) in [5.74, 6) is 0. The van der Waals surface area contributed by atoms with Gasteiger partial charge in [0.05, 0.1) is 10.5 Å². The van der Waals surface area contributed by atoms with Crippen molar-refractivity contribution in [1.29, 1.82) is 0 Å². The van der Waals surface area contributed by atoms with Crippen molar-refractivity contribution >= 4 is 49.5 Å². The molecule has 3 aromatic rings. The summed E-state index contributed by atoms with van der Waals surface area (Å²) in [4.78, 5) is 0. The van der Waals surface area contributed by atoms with Crippen LogP contribution in [0.5, 0.6) is 0 Å². The fraction of sp³-hybridized carbons (Fsp3) is 0. The van der Waals surface area contributed by atoms with E-state index in [4.69, 9.17) is 21.5 Å². The quantitative estimate of drug-likeness (QED) is 0.566. The van der Waals surface area contributed by atoms with Gasteiger partial charge >= 0.3 is 0 Å². The Balaban J connectivity index is 2.66. The van der Waals surface area contributed by atoms with Gasteiger partial charge in [0.25, 0.3) is 0 Å². The first-order valence-corrected chi connectivity index (χ1v) is 5.36. The van der Waals surface area contributed by atoms with E-state index in [2.05, 4.69) is 15.9 Å². The van der Waals surface area contributed by atoms with Crippen LogP contribution in [0.2, 0.25) is 5.02 Å². The first-order valence-electron chi connectivity index (χ1n) is 6.19. The molecule has 0 saturated heterocycles. The van der Waals surface area contributed by atoms with Crippen molar-refractivity contribution in [3.63, 3.8) is 0 Å². The summed E-state index contributed by atoms with van der Waals surface area (Å²) in [7, 11) is 0. The Labute approximate surface area is 105 Å². The van der Waals surface area contributed by atoms with Gasteiger partial charge in [-0.05, 0) is 18.2 Å². The van der Waals surface area contributed by atoms with E-state index < -0.39 is 0 Å². The van der Waals surface area contributed by atoms with E-state index >= 15 is 0 Å². The molecule has 0 radical (unpaired) electrons. The lowest BCUT2D eigenvalue weighted by Crippen LogP contribution is -1.70. The molecule has 0 N–H and O–H groups in total. The molecule has 0 atom stereocenters. The van der Waals surface area contributed by atoms with Gasteiger partial charge in [0, 0.05) is 15.2 Å². The average molecular weight is 286 g/mol. The highest BCUT2D eigenvalue weighted by atomic mass is 79.9. The van der Waals surface area contributed by atoms with Gasteiger partial charge < -0.3 is 4.42 Å². The highest BCUT2D eigenvalue weighted by molar-refractivity contribution is 9.10. The zero-order chi connectivity index (χ0) is 13.9. The predicted molar refractivity (Wildman–Crippen MR) is 66.4 cm³/mol. The summed E-state index contributed by atoms with van der Waals surface area (Å²) in [6, 6.07) is 2.72. The SMILES string of the molecule is [2H]c1cc2c(oc3c(Cl)cc([2H])c(Br)c32)c([2H])c1[2H]. The Morgan fingerprint density at radius 2 is 2.13 bits per heavy atom. The molecule has 0 amide bonds. The lowest BCUT2D eigenvalue weighted by atomic mass is 10.1. The number of para-hydroxylation sites is 1. The standard InChI is InChI=1S/C12H6BrClO/c13-8-5-6-9(14)12-11(8)7-3-1-2-4-10(7)15-12/h1-6H/i1D,2D,4D,5D. The topological polar surface area (TPSA) is 13.1 Å². The van der Waals surface area contributed by atoms with Gasteiger partial charge in [-0.15, -0.1) is 0 Å². The second kappa shape index (κ2) is 3.26. The number of benzene rings is 2. The van der Waals surface area contributed by atoms with Gasteiger partial charge in [-0.2, -0.15) is 0 Å². The van der Waals surface area contributed by atoms with Gasteiger partial charge in [0.1, 0.15) is 5.58 Å². The third-order valence-electron chi connectivity index (χ3n) is 2.17. The second-order valence-electron chi connectivity index (χ2n) is 3.04. The molecule has 74 valence electrons. The second-order valence-corrected chi connectivity index (χ2v) is 4.24. The van der Waals surface area contributed by atoms with Crippen LogP contribution in [0.1, 0.15) is 5.48 Å². The van der Waals surface area contributed by atoms with Gasteiger partial charge in [0.2, 0.25) is 0 Å². The van der Waals surface area contributed by atoms with E-state index in [0.717, 1.165) is 0 Å². The Kier molecular flexibility index (Phi) is 1.29. The van der Waals surface area contributed by atoms with E-state index in [0.29, 0.717) is 20.8 Å². The van der Waals surface area contributed by atoms with E-state index in [1.807, 2.05) is 0 Å². The summed E-state index contributed by atoms with van der Waals surface area (Å²) in [6.07, 6.45) is 0. The predicted octanol–water partition coefficient (Wildman–Crippen LogP) is 5.00. The lowest BCUT2D eigenvalue weighted by molar-refractivity contribution is 0.669. The summed E-state index contributed by atoms with van der Waals surface area (Å²) in [5.41, 5.74) is 0.572. The van der Waals surface area contributed by atoms with Gasteiger partial charge in [-0.3, -0.25) is 0 Å². The smallest absolute Gasteiger partial charge is 0.155 e. The maximum Gasteiger partial charge on any atom is 0.155 e. The van der Waals surface area contributed by atoms with Crippen molar-refractivity contribution < 1.29 is 9.90 Å². The van der Waals surface area contributed by atoms with Crippen molar-refractivity contribution in [1.82, 2.24) is 0 Å². The molecule has 1 nitrogen and oxygen atoms in total. The highest BCUT2D eigenvalue weighted by Crippen LogP contribution is 2.37. The van der Waals surface area contributed by atoms with Crippen molar-refractivity contribution in [3.05, 3.63) is 45.8 Å². The van der Waals surface area contributed by atoms with E-state index in [9.17, 15) is 0 Å². The van der Waals surface area contributed by atoms with Crippen LogP contribution >= 0.6 is 27.5 Å². The number of furan rings is 1. The summed E-state index contributed by atoms with van der Waals surface area (Å²) < 4.78 is 37.0. The minimum Gasteiger partial charge on any atom is -0.454 e. The van der Waals surface area contributed by atoms with Crippen LogP contribution in [-0.2, 0) is 0 Å². The van der Waals surface area contributed by atoms with Crippen molar-refractivity contribution in [2.75, 3.05) is 0 Å². The lowest BCUT2D eigenvalue weighted by Gasteiger charge is -1.94. The Hall–Kier alpha value is -0.990. The van der Waals surface area contributed by atoms with Crippen LogP contribution in [0.15, 0.2) is 45.2 Å². The number of hydrogen-bond acceptors (Lipinski definition) is 1. The number of hydrogen-bond donors (Lipinski definition) is 0. The van der Waals surface area contributed by atoms with Crippen molar-refractivity contribution in [3.8, 4) is 0 Å². The Bertz CT molecular complexity index is 843. The maximum absolute atomic E-state index is 7.85. The fourth-order valence-electron chi connectivity index (χ4n) is 1.53. The van der Waals surface area contributed by atoms with Crippen LogP contribution in [0.3, 0.4) is 0 Å².